The molecular weight excluding hydrogens is 318 g/mol. The lowest BCUT2D eigenvalue weighted by Gasteiger charge is -2.26. The molecule has 0 unspecified atom stereocenters. The molecule has 24 heavy (non-hydrogen) atoms. The van der Waals surface area contributed by atoms with Crippen LogP contribution in [-0.2, 0) is 23.9 Å². The second-order valence-electron chi connectivity index (χ2n) is 5.74. The molecule has 0 aromatic heterocycles. The van der Waals surface area contributed by atoms with E-state index in [9.17, 15) is 24.6 Å². The van der Waals surface area contributed by atoms with Crippen molar-refractivity contribution in [1.29, 1.82) is 0 Å². The summed E-state index contributed by atoms with van der Waals surface area (Å²) in [5, 5.41) is 22.5. The number of esters is 2. The number of ether oxygens (including phenoxy) is 2. The van der Waals surface area contributed by atoms with Crippen molar-refractivity contribution in [2.45, 2.75) is 18.5 Å². The van der Waals surface area contributed by atoms with Crippen LogP contribution in [0.25, 0.3) is 0 Å². The van der Waals surface area contributed by atoms with Crippen molar-refractivity contribution in [2.75, 3.05) is 14.2 Å². The third kappa shape index (κ3) is 2.69. The van der Waals surface area contributed by atoms with Gasteiger partial charge in [0, 0.05) is 5.56 Å². The number of carboxylic acid groups (broad SMARTS) is 1. The average Bonchev–Trinajstić information content (AvgIpc) is 2.88. The monoisotopic (exact) mass is 337 g/mol. The minimum Gasteiger partial charge on any atom is -0.508 e. The van der Waals surface area contributed by atoms with Crippen molar-refractivity contribution >= 4 is 17.9 Å². The van der Waals surface area contributed by atoms with Crippen LogP contribution in [0.2, 0.25) is 0 Å². The van der Waals surface area contributed by atoms with Gasteiger partial charge in [-0.1, -0.05) is 18.2 Å². The number of nitrogens with one attached hydrogen (secondary N) is 1. The summed E-state index contributed by atoms with van der Waals surface area (Å²) in [5.74, 6) is -5.54. The Morgan fingerprint density at radius 1 is 1.12 bits per heavy atom. The minimum absolute atomic E-state index is 0.123. The molecule has 1 aromatic rings. The first-order valence-corrected chi connectivity index (χ1v) is 7.22. The van der Waals surface area contributed by atoms with E-state index in [2.05, 4.69) is 5.32 Å². The van der Waals surface area contributed by atoms with Crippen LogP contribution in [0, 0.1) is 11.8 Å². The number of hydrogen-bond acceptors (Lipinski definition) is 7. The summed E-state index contributed by atoms with van der Waals surface area (Å²) in [5.41, 5.74) is -1.47. The molecule has 1 aliphatic heterocycles. The topological polar surface area (TPSA) is 122 Å². The molecule has 1 heterocycles. The van der Waals surface area contributed by atoms with Gasteiger partial charge in [0.25, 0.3) is 0 Å². The summed E-state index contributed by atoms with van der Waals surface area (Å²) in [6.45, 7) is 1.30. The van der Waals surface area contributed by atoms with Gasteiger partial charge in [-0.2, -0.15) is 0 Å². The lowest BCUT2D eigenvalue weighted by Crippen LogP contribution is -2.53. The Labute approximate surface area is 138 Å². The maximum atomic E-state index is 12.3. The molecule has 1 saturated heterocycles. The second kappa shape index (κ2) is 6.48. The van der Waals surface area contributed by atoms with Gasteiger partial charge in [0.05, 0.1) is 26.2 Å². The van der Waals surface area contributed by atoms with Crippen LogP contribution < -0.4 is 5.32 Å². The summed E-state index contributed by atoms with van der Waals surface area (Å²) < 4.78 is 9.47. The molecule has 0 saturated carbocycles. The highest BCUT2D eigenvalue weighted by Crippen LogP contribution is 2.46. The summed E-state index contributed by atoms with van der Waals surface area (Å²) in [4.78, 5) is 36.3. The number of carbonyl (C=O) groups excluding carboxylic acids is 2. The maximum Gasteiger partial charge on any atom is 0.324 e. The predicted octanol–water partition coefficient (Wildman–Crippen LogP) is 0.458. The third-order valence-electron chi connectivity index (χ3n) is 4.44. The van der Waals surface area contributed by atoms with Crippen LogP contribution in [-0.4, -0.2) is 47.9 Å². The van der Waals surface area contributed by atoms with Crippen molar-refractivity contribution in [3.05, 3.63) is 29.8 Å². The number of aromatic hydroxyl groups is 1. The molecule has 4 atom stereocenters. The number of aliphatic carboxylic acids is 1. The van der Waals surface area contributed by atoms with E-state index in [0.29, 0.717) is 5.56 Å². The summed E-state index contributed by atoms with van der Waals surface area (Å²) >= 11 is 0. The molecule has 0 bridgehead atoms. The smallest absolute Gasteiger partial charge is 0.324 e. The number of hydrogen-bond donors (Lipinski definition) is 3. The fraction of sp³-hybridized carbons (Fsp3) is 0.438. The molecule has 1 aliphatic rings. The van der Waals surface area contributed by atoms with E-state index in [1.165, 1.54) is 13.0 Å². The highest BCUT2D eigenvalue weighted by molar-refractivity contribution is 5.93. The number of carboxylic acids is 1. The SMILES string of the molecule is COC(=O)[C@@H]1[C@@H](c2ccccc2O)N[C@@](C)(C(=O)O)[C@H]1C(=O)OC. The largest absolute Gasteiger partial charge is 0.508 e. The zero-order chi connectivity index (χ0) is 18.1. The van der Waals surface area contributed by atoms with Crippen molar-refractivity contribution in [1.82, 2.24) is 5.32 Å². The van der Waals surface area contributed by atoms with E-state index in [1.54, 1.807) is 18.2 Å². The van der Waals surface area contributed by atoms with E-state index in [0.717, 1.165) is 14.2 Å². The van der Waals surface area contributed by atoms with Gasteiger partial charge < -0.3 is 19.7 Å². The van der Waals surface area contributed by atoms with Crippen molar-refractivity contribution < 1.29 is 34.1 Å². The quantitative estimate of drug-likeness (QED) is 0.677. The van der Waals surface area contributed by atoms with Gasteiger partial charge >= 0.3 is 17.9 Å². The molecular formula is C16H19NO7. The van der Waals surface area contributed by atoms with Gasteiger partial charge in [-0.05, 0) is 13.0 Å². The highest BCUT2D eigenvalue weighted by atomic mass is 16.5. The molecule has 2 rings (SSSR count). The maximum absolute atomic E-state index is 12.3. The van der Waals surface area contributed by atoms with Crippen LogP contribution in [0.3, 0.4) is 0 Å². The van der Waals surface area contributed by atoms with E-state index in [1.807, 2.05) is 0 Å². The summed E-state index contributed by atoms with van der Waals surface area (Å²) in [7, 11) is 2.27. The number of phenols is 1. The van der Waals surface area contributed by atoms with Crippen molar-refractivity contribution in [3.63, 3.8) is 0 Å². The first kappa shape index (κ1) is 17.7. The fourth-order valence-electron chi connectivity index (χ4n) is 3.19. The first-order chi connectivity index (χ1) is 11.3. The lowest BCUT2D eigenvalue weighted by molar-refractivity contribution is -0.162. The van der Waals surface area contributed by atoms with E-state index < -0.39 is 41.3 Å². The molecule has 1 fully saturated rings. The fourth-order valence-corrected chi connectivity index (χ4v) is 3.19. The molecule has 0 aliphatic carbocycles. The Kier molecular flexibility index (Phi) is 4.79. The summed E-state index contributed by atoms with van der Waals surface area (Å²) in [6.07, 6.45) is 0. The van der Waals surface area contributed by atoms with Crippen molar-refractivity contribution in [2.24, 2.45) is 11.8 Å². The standard InChI is InChI=1S/C16H19NO7/c1-16(15(21)22)11(14(20)24-3)10(13(19)23-2)12(17-16)8-6-4-5-7-9(8)18/h4-7,10-12,17-18H,1-3H3,(H,21,22)/t10-,11+,12+,16+/m0/s1. The number of benzene rings is 1. The number of carbonyl (C=O) groups is 3. The Bertz CT molecular complexity index is 674. The lowest BCUT2D eigenvalue weighted by atomic mass is 9.78. The molecule has 3 N–H and O–H groups in total. The molecule has 8 nitrogen and oxygen atoms in total. The third-order valence-corrected chi connectivity index (χ3v) is 4.44. The first-order valence-electron chi connectivity index (χ1n) is 7.22. The van der Waals surface area contributed by atoms with Gasteiger partial charge in [0.1, 0.15) is 17.2 Å². The normalized spacial score (nSPS) is 29.0. The number of rotatable bonds is 4. The highest BCUT2D eigenvalue weighted by Gasteiger charge is 2.62. The zero-order valence-corrected chi connectivity index (χ0v) is 13.5. The molecule has 8 heteroatoms. The Morgan fingerprint density at radius 3 is 2.21 bits per heavy atom. The number of methoxy groups -OCH3 is 2. The molecule has 0 amide bonds. The predicted molar refractivity (Wildman–Crippen MR) is 81.0 cm³/mol. The van der Waals surface area contributed by atoms with Gasteiger partial charge in [0.15, 0.2) is 0 Å². The van der Waals surface area contributed by atoms with E-state index >= 15 is 0 Å². The molecule has 0 spiro atoms. The molecule has 0 radical (unpaired) electrons. The van der Waals surface area contributed by atoms with Crippen LogP contribution in [0.5, 0.6) is 5.75 Å². The van der Waals surface area contributed by atoms with E-state index in [-0.39, 0.29) is 5.75 Å². The van der Waals surface area contributed by atoms with Crippen LogP contribution >= 0.6 is 0 Å². The number of phenolic OH excluding ortho intramolecular Hbond substituents is 1. The van der Waals surface area contributed by atoms with Gasteiger partial charge in [0.2, 0.25) is 0 Å². The van der Waals surface area contributed by atoms with Crippen LogP contribution in [0.1, 0.15) is 18.5 Å². The minimum atomic E-state index is -1.76. The van der Waals surface area contributed by atoms with Crippen molar-refractivity contribution in [3.8, 4) is 5.75 Å². The second-order valence-corrected chi connectivity index (χ2v) is 5.74. The zero-order valence-electron chi connectivity index (χ0n) is 13.5. The van der Waals surface area contributed by atoms with E-state index in [4.69, 9.17) is 9.47 Å². The Balaban J connectivity index is 2.63. The average molecular weight is 337 g/mol. The van der Waals surface area contributed by atoms with Gasteiger partial charge in [-0.3, -0.25) is 19.7 Å². The summed E-state index contributed by atoms with van der Waals surface area (Å²) in [6, 6.07) is 5.26. The number of para-hydroxylation sites is 1. The molecule has 1 aromatic carbocycles. The van der Waals surface area contributed by atoms with Crippen LogP contribution in [0.4, 0.5) is 0 Å². The Morgan fingerprint density at radius 2 is 1.71 bits per heavy atom. The molecule has 130 valence electrons. The van der Waals surface area contributed by atoms with Gasteiger partial charge in [-0.15, -0.1) is 0 Å². The van der Waals surface area contributed by atoms with Crippen LogP contribution in [0.15, 0.2) is 24.3 Å². The Hall–Kier alpha value is -2.61. The van der Waals surface area contributed by atoms with Gasteiger partial charge in [-0.25, -0.2) is 0 Å².